The van der Waals surface area contributed by atoms with E-state index >= 15 is 0 Å². The average molecular weight is 439 g/mol. The lowest BCUT2D eigenvalue weighted by Gasteiger charge is -2.27. The van der Waals surface area contributed by atoms with E-state index in [4.69, 9.17) is 4.74 Å². The van der Waals surface area contributed by atoms with Crippen LogP contribution in [-0.4, -0.2) is 48.8 Å². The number of rotatable bonds is 10. The minimum Gasteiger partial charge on any atom is -0.489 e. The quantitative estimate of drug-likeness (QED) is 0.534. The third kappa shape index (κ3) is 6.74. The van der Waals surface area contributed by atoms with Gasteiger partial charge < -0.3 is 20.1 Å². The maximum absolute atomic E-state index is 10.2. The highest BCUT2D eigenvalue weighted by atomic mass is 79.9. The van der Waals surface area contributed by atoms with Gasteiger partial charge in [0.15, 0.2) is 0 Å². The van der Waals surface area contributed by atoms with Crippen LogP contribution in [0.15, 0.2) is 22.7 Å². The van der Waals surface area contributed by atoms with Gasteiger partial charge in [-0.1, -0.05) is 12.5 Å². The summed E-state index contributed by atoms with van der Waals surface area (Å²) in [7, 11) is 0. The van der Waals surface area contributed by atoms with E-state index < -0.39 is 5.60 Å². The second-order valence-corrected chi connectivity index (χ2v) is 9.49. The third-order valence-electron chi connectivity index (χ3n) is 5.74. The number of aliphatic hydroxyl groups is 1. The maximum Gasteiger partial charge on any atom is 0.133 e. The molecule has 1 heterocycles. The zero-order chi connectivity index (χ0) is 19.3. The molecule has 2 fully saturated rings. The molecule has 0 amide bonds. The van der Waals surface area contributed by atoms with Crippen LogP contribution in [0.25, 0.3) is 0 Å². The van der Waals surface area contributed by atoms with Crippen molar-refractivity contribution in [2.24, 2.45) is 5.92 Å². The number of piperazine rings is 1. The van der Waals surface area contributed by atoms with Gasteiger partial charge in [0.1, 0.15) is 11.9 Å². The molecule has 0 aromatic heterocycles. The first kappa shape index (κ1) is 21.1. The van der Waals surface area contributed by atoms with Gasteiger partial charge in [0, 0.05) is 26.2 Å². The molecule has 1 saturated heterocycles. The molecule has 0 spiro atoms. The Labute approximate surface area is 172 Å². The second-order valence-electron chi connectivity index (χ2n) is 8.64. The minimum absolute atomic E-state index is 0.327. The zero-order valence-electron chi connectivity index (χ0n) is 16.8. The van der Waals surface area contributed by atoms with E-state index in [0.29, 0.717) is 6.10 Å². The average Bonchev–Trinajstić information content (AvgIpc) is 3.47. The van der Waals surface area contributed by atoms with E-state index in [1.165, 1.54) is 51.7 Å². The number of halogens is 1. The minimum atomic E-state index is -0.832. The van der Waals surface area contributed by atoms with Crippen LogP contribution in [0.4, 0.5) is 0 Å². The highest BCUT2D eigenvalue weighted by Crippen LogP contribution is 2.39. The fourth-order valence-corrected chi connectivity index (χ4v) is 4.26. The van der Waals surface area contributed by atoms with Gasteiger partial charge in [0.05, 0.1) is 10.1 Å². The molecule has 0 bridgehead atoms. The summed E-state index contributed by atoms with van der Waals surface area (Å²) in [6, 6.07) is 5.95. The normalized spacial score (nSPS) is 19.9. The summed E-state index contributed by atoms with van der Waals surface area (Å²) in [6.07, 6.45) is 7.89. The fraction of sp³-hybridized carbons (Fsp3) is 0.727. The number of hydrogen-bond donors (Lipinski definition) is 2. The Kier molecular flexibility index (Phi) is 7.60. The Balaban J connectivity index is 1.44. The fourth-order valence-electron chi connectivity index (χ4n) is 3.79. The Bertz CT molecular complexity index is 592. The highest BCUT2D eigenvalue weighted by molar-refractivity contribution is 9.10. The number of unbranched alkanes of at least 4 members (excludes halogenated alkanes) is 2. The van der Waals surface area contributed by atoms with Crippen molar-refractivity contribution >= 4 is 15.9 Å². The first-order valence-corrected chi connectivity index (χ1v) is 11.3. The molecule has 1 aromatic rings. The molecule has 27 heavy (non-hydrogen) atoms. The SMILES string of the molecule is CC(C)(O)c1ccc(OC(CCCCCN2CCNCC2)C2CC2)c(Br)c1. The Hall–Kier alpha value is -0.620. The van der Waals surface area contributed by atoms with E-state index in [2.05, 4.69) is 26.1 Å². The molecule has 1 atom stereocenters. The summed E-state index contributed by atoms with van der Waals surface area (Å²) in [6.45, 7) is 9.52. The summed E-state index contributed by atoms with van der Waals surface area (Å²) in [5.74, 6) is 1.62. The standard InChI is InChI=1S/C22H35BrN2O2/c1-22(2,26)18-9-10-21(19(23)16-18)27-20(17-7-8-17)6-4-3-5-13-25-14-11-24-12-15-25/h9-10,16-17,20,24,26H,3-8,11-15H2,1-2H3. The zero-order valence-corrected chi connectivity index (χ0v) is 18.4. The molecule has 1 unspecified atom stereocenters. The lowest BCUT2D eigenvalue weighted by molar-refractivity contribution is 0.0783. The van der Waals surface area contributed by atoms with Crippen LogP contribution in [0.1, 0.15) is 57.9 Å². The summed E-state index contributed by atoms with van der Waals surface area (Å²) < 4.78 is 7.32. The summed E-state index contributed by atoms with van der Waals surface area (Å²) in [5, 5.41) is 13.6. The van der Waals surface area contributed by atoms with Crippen LogP contribution in [0.2, 0.25) is 0 Å². The van der Waals surface area contributed by atoms with Crippen molar-refractivity contribution in [3.8, 4) is 5.75 Å². The number of nitrogens with one attached hydrogen (secondary N) is 1. The van der Waals surface area contributed by atoms with Crippen molar-refractivity contribution in [2.45, 2.75) is 64.1 Å². The Morgan fingerprint density at radius 3 is 2.59 bits per heavy atom. The monoisotopic (exact) mass is 438 g/mol. The first-order valence-electron chi connectivity index (χ1n) is 10.6. The number of ether oxygens (including phenoxy) is 1. The first-order chi connectivity index (χ1) is 12.9. The Morgan fingerprint density at radius 1 is 1.22 bits per heavy atom. The number of benzene rings is 1. The molecule has 1 saturated carbocycles. The van der Waals surface area contributed by atoms with Crippen molar-refractivity contribution in [1.82, 2.24) is 10.2 Å². The lowest BCUT2D eigenvalue weighted by atomic mass is 9.98. The van der Waals surface area contributed by atoms with Gasteiger partial charge in [-0.15, -0.1) is 0 Å². The molecule has 1 aromatic carbocycles. The van der Waals surface area contributed by atoms with Crippen LogP contribution in [0.5, 0.6) is 5.75 Å². The third-order valence-corrected chi connectivity index (χ3v) is 6.36. The largest absolute Gasteiger partial charge is 0.489 e. The van der Waals surface area contributed by atoms with Crippen LogP contribution < -0.4 is 10.1 Å². The summed E-state index contributed by atoms with van der Waals surface area (Å²) in [5.41, 5.74) is 0.0686. The van der Waals surface area contributed by atoms with Crippen molar-refractivity contribution in [1.29, 1.82) is 0 Å². The van der Waals surface area contributed by atoms with Gasteiger partial charge in [0.2, 0.25) is 0 Å². The van der Waals surface area contributed by atoms with Crippen molar-refractivity contribution in [3.05, 3.63) is 28.2 Å². The molecule has 0 radical (unpaired) electrons. The van der Waals surface area contributed by atoms with Gasteiger partial charge in [0.25, 0.3) is 0 Å². The van der Waals surface area contributed by atoms with Crippen LogP contribution >= 0.6 is 15.9 Å². The molecule has 1 aliphatic carbocycles. The van der Waals surface area contributed by atoms with E-state index in [1.54, 1.807) is 0 Å². The predicted octanol–water partition coefficient (Wildman–Crippen LogP) is 4.30. The number of nitrogens with zero attached hydrogens (tertiary/aromatic N) is 1. The summed E-state index contributed by atoms with van der Waals surface area (Å²) in [4.78, 5) is 2.58. The highest BCUT2D eigenvalue weighted by Gasteiger charge is 2.33. The smallest absolute Gasteiger partial charge is 0.133 e. The molecular formula is C22H35BrN2O2. The summed E-state index contributed by atoms with van der Waals surface area (Å²) >= 11 is 3.63. The molecule has 152 valence electrons. The molecule has 5 heteroatoms. The van der Waals surface area contributed by atoms with Crippen LogP contribution in [0, 0.1) is 5.92 Å². The lowest BCUT2D eigenvalue weighted by Crippen LogP contribution is -2.43. The van der Waals surface area contributed by atoms with Crippen molar-refractivity contribution < 1.29 is 9.84 Å². The molecule has 3 rings (SSSR count). The van der Waals surface area contributed by atoms with Gasteiger partial charge >= 0.3 is 0 Å². The van der Waals surface area contributed by atoms with Crippen LogP contribution in [-0.2, 0) is 5.60 Å². The second kappa shape index (κ2) is 9.73. The Morgan fingerprint density at radius 2 is 1.96 bits per heavy atom. The maximum atomic E-state index is 10.2. The van der Waals surface area contributed by atoms with Gasteiger partial charge in [-0.25, -0.2) is 0 Å². The molecular weight excluding hydrogens is 404 g/mol. The molecule has 2 aliphatic rings. The topological polar surface area (TPSA) is 44.7 Å². The predicted molar refractivity (Wildman–Crippen MR) is 114 cm³/mol. The van der Waals surface area contributed by atoms with Crippen LogP contribution in [0.3, 0.4) is 0 Å². The van der Waals surface area contributed by atoms with E-state index in [0.717, 1.165) is 41.2 Å². The van der Waals surface area contributed by atoms with E-state index in [9.17, 15) is 5.11 Å². The van der Waals surface area contributed by atoms with Gasteiger partial charge in [-0.05, 0) is 92.0 Å². The molecule has 1 aliphatic heterocycles. The molecule has 4 nitrogen and oxygen atoms in total. The van der Waals surface area contributed by atoms with Gasteiger partial charge in [-0.3, -0.25) is 0 Å². The van der Waals surface area contributed by atoms with E-state index in [1.807, 2.05) is 32.0 Å². The van der Waals surface area contributed by atoms with E-state index in [-0.39, 0.29) is 0 Å². The van der Waals surface area contributed by atoms with Gasteiger partial charge in [-0.2, -0.15) is 0 Å². The van der Waals surface area contributed by atoms with Crippen molar-refractivity contribution in [2.75, 3.05) is 32.7 Å². The number of hydrogen-bond acceptors (Lipinski definition) is 4. The molecule has 2 N–H and O–H groups in total. The van der Waals surface area contributed by atoms with Crippen molar-refractivity contribution in [3.63, 3.8) is 0 Å².